The van der Waals surface area contributed by atoms with Crippen LogP contribution in [0.2, 0.25) is 0 Å². The molecule has 0 aliphatic carbocycles. The minimum Gasteiger partial charge on any atom is -0.364 e. The molecule has 0 radical (unpaired) electrons. The third kappa shape index (κ3) is 5.28. The normalized spacial score (nSPS) is 9.88. The average molecular weight is 236 g/mol. The summed E-state index contributed by atoms with van der Waals surface area (Å²) in [6.45, 7) is 6.16. The van der Waals surface area contributed by atoms with Crippen LogP contribution in [0.3, 0.4) is 0 Å². The molecular formula is C14H14F2O. The fourth-order valence-corrected chi connectivity index (χ4v) is 1.22. The lowest BCUT2D eigenvalue weighted by Gasteiger charge is -2.05. The van der Waals surface area contributed by atoms with Gasteiger partial charge in [0.25, 0.3) is 6.43 Å². The van der Waals surface area contributed by atoms with E-state index in [1.54, 1.807) is 5.92 Å². The van der Waals surface area contributed by atoms with E-state index in [0.717, 1.165) is 11.1 Å². The molecule has 90 valence electrons. The Hall–Kier alpha value is -1.66. The molecule has 1 aromatic rings. The maximum Gasteiger partial charge on any atom is 0.298 e. The summed E-state index contributed by atoms with van der Waals surface area (Å²) < 4.78 is 28.5. The predicted molar refractivity (Wildman–Crippen MR) is 64.8 cm³/mol. The van der Waals surface area contributed by atoms with E-state index >= 15 is 0 Å². The van der Waals surface area contributed by atoms with Crippen molar-refractivity contribution in [3.05, 3.63) is 42.0 Å². The van der Waals surface area contributed by atoms with Gasteiger partial charge in [0.05, 0.1) is 6.61 Å². The molecule has 1 aromatic carbocycles. The number of rotatable bonds is 4. The van der Waals surface area contributed by atoms with E-state index in [1.165, 1.54) is 5.56 Å². The van der Waals surface area contributed by atoms with Crippen molar-refractivity contribution in [2.24, 2.45) is 0 Å². The SMILES string of the molecule is C=C(COCC#CC(F)F)c1ccc(C)cc1. The van der Waals surface area contributed by atoms with E-state index in [-0.39, 0.29) is 6.61 Å². The average Bonchev–Trinajstić information content (AvgIpc) is 2.29. The Labute approximate surface area is 100 Å². The Bertz CT molecular complexity index is 424. The van der Waals surface area contributed by atoms with Gasteiger partial charge in [-0.2, -0.15) is 8.78 Å². The highest BCUT2D eigenvalue weighted by Crippen LogP contribution is 2.13. The van der Waals surface area contributed by atoms with Crippen molar-refractivity contribution in [3.63, 3.8) is 0 Å². The highest BCUT2D eigenvalue weighted by Gasteiger charge is 1.98. The van der Waals surface area contributed by atoms with Crippen molar-refractivity contribution in [1.29, 1.82) is 0 Å². The van der Waals surface area contributed by atoms with E-state index < -0.39 is 6.43 Å². The van der Waals surface area contributed by atoms with Gasteiger partial charge in [0, 0.05) is 0 Å². The van der Waals surface area contributed by atoms with Gasteiger partial charge >= 0.3 is 0 Å². The maximum atomic E-state index is 11.7. The molecule has 0 amide bonds. The first-order chi connectivity index (χ1) is 8.09. The van der Waals surface area contributed by atoms with Crippen molar-refractivity contribution in [1.82, 2.24) is 0 Å². The predicted octanol–water partition coefficient (Wildman–Crippen LogP) is 3.29. The molecule has 1 rings (SSSR count). The van der Waals surface area contributed by atoms with Crippen LogP contribution in [-0.2, 0) is 4.74 Å². The van der Waals surface area contributed by atoms with Gasteiger partial charge in [-0.3, -0.25) is 0 Å². The second kappa shape index (κ2) is 6.82. The molecule has 0 fully saturated rings. The molecule has 1 nitrogen and oxygen atoms in total. The number of halogens is 2. The smallest absolute Gasteiger partial charge is 0.298 e. The van der Waals surface area contributed by atoms with Gasteiger partial charge in [-0.05, 0) is 24.0 Å². The first-order valence-corrected chi connectivity index (χ1v) is 5.18. The van der Waals surface area contributed by atoms with Crippen molar-refractivity contribution in [2.45, 2.75) is 13.3 Å². The zero-order chi connectivity index (χ0) is 12.7. The Balaban J connectivity index is 2.36. The Kier molecular flexibility index (Phi) is 5.38. The highest BCUT2D eigenvalue weighted by molar-refractivity contribution is 5.64. The third-order valence-electron chi connectivity index (χ3n) is 2.12. The summed E-state index contributed by atoms with van der Waals surface area (Å²) in [4.78, 5) is 0. The largest absolute Gasteiger partial charge is 0.364 e. The van der Waals surface area contributed by atoms with E-state index in [9.17, 15) is 8.78 Å². The molecule has 3 heteroatoms. The molecule has 0 aliphatic rings. The van der Waals surface area contributed by atoms with Gasteiger partial charge in [0.1, 0.15) is 6.61 Å². The molecule has 0 spiro atoms. The molecule has 0 unspecified atom stereocenters. The summed E-state index contributed by atoms with van der Waals surface area (Å²) in [6.07, 6.45) is -2.60. The monoisotopic (exact) mass is 236 g/mol. The summed E-state index contributed by atoms with van der Waals surface area (Å²) in [5.74, 6) is 3.97. The van der Waals surface area contributed by atoms with E-state index in [0.29, 0.717) is 6.61 Å². The quantitative estimate of drug-likeness (QED) is 0.575. The second-order valence-electron chi connectivity index (χ2n) is 3.58. The summed E-state index contributed by atoms with van der Waals surface area (Å²) in [6, 6.07) is 7.87. The van der Waals surface area contributed by atoms with Crippen molar-refractivity contribution < 1.29 is 13.5 Å². The topological polar surface area (TPSA) is 9.23 Å². The summed E-state index contributed by atoms with van der Waals surface area (Å²) >= 11 is 0. The zero-order valence-corrected chi connectivity index (χ0v) is 9.67. The lowest BCUT2D eigenvalue weighted by atomic mass is 10.1. The summed E-state index contributed by atoms with van der Waals surface area (Å²) in [7, 11) is 0. The second-order valence-corrected chi connectivity index (χ2v) is 3.58. The van der Waals surface area contributed by atoms with Gasteiger partial charge in [0.15, 0.2) is 0 Å². The van der Waals surface area contributed by atoms with Crippen LogP contribution in [0.15, 0.2) is 30.8 Å². The Morgan fingerprint density at radius 2 is 2.00 bits per heavy atom. The van der Waals surface area contributed by atoms with Crippen molar-refractivity contribution >= 4 is 5.57 Å². The molecule has 0 saturated carbocycles. The Morgan fingerprint density at radius 1 is 1.35 bits per heavy atom. The minimum absolute atomic E-state index is 0.00474. The molecule has 0 heterocycles. The first kappa shape index (κ1) is 13.4. The number of alkyl halides is 2. The van der Waals surface area contributed by atoms with Crippen LogP contribution in [0.5, 0.6) is 0 Å². The van der Waals surface area contributed by atoms with Crippen LogP contribution in [0, 0.1) is 18.8 Å². The number of aryl methyl sites for hydroxylation is 1. The summed E-state index contributed by atoms with van der Waals surface area (Å²) in [5, 5.41) is 0. The number of hydrogen-bond acceptors (Lipinski definition) is 1. The first-order valence-electron chi connectivity index (χ1n) is 5.18. The fraction of sp³-hybridized carbons (Fsp3) is 0.286. The number of hydrogen-bond donors (Lipinski definition) is 0. The molecule has 0 bridgehead atoms. The van der Waals surface area contributed by atoms with Crippen molar-refractivity contribution in [2.75, 3.05) is 13.2 Å². The molecule has 0 saturated heterocycles. The molecule has 17 heavy (non-hydrogen) atoms. The molecule has 0 aliphatic heterocycles. The van der Waals surface area contributed by atoms with Crippen LogP contribution in [0.25, 0.3) is 5.57 Å². The van der Waals surface area contributed by atoms with Gasteiger partial charge in [-0.1, -0.05) is 42.3 Å². The van der Waals surface area contributed by atoms with Crippen molar-refractivity contribution in [3.8, 4) is 11.8 Å². The van der Waals surface area contributed by atoms with Gasteiger partial charge in [-0.15, -0.1) is 0 Å². The van der Waals surface area contributed by atoms with Crippen LogP contribution < -0.4 is 0 Å². The Morgan fingerprint density at radius 3 is 2.59 bits per heavy atom. The minimum atomic E-state index is -2.60. The van der Waals surface area contributed by atoms with E-state index in [4.69, 9.17) is 4.74 Å². The fourth-order valence-electron chi connectivity index (χ4n) is 1.22. The van der Waals surface area contributed by atoms with Crippen LogP contribution in [0.4, 0.5) is 8.78 Å². The van der Waals surface area contributed by atoms with Gasteiger partial charge in [-0.25, -0.2) is 0 Å². The van der Waals surface area contributed by atoms with E-state index in [1.807, 2.05) is 31.2 Å². The number of ether oxygens (including phenoxy) is 1. The molecule has 0 atom stereocenters. The molecular weight excluding hydrogens is 222 g/mol. The lowest BCUT2D eigenvalue weighted by molar-refractivity contribution is 0.200. The third-order valence-corrected chi connectivity index (χ3v) is 2.12. The molecule has 0 aromatic heterocycles. The van der Waals surface area contributed by atoms with E-state index in [2.05, 4.69) is 12.5 Å². The standard InChI is InChI=1S/C14H14F2O/c1-11-5-7-13(8-6-11)12(2)10-17-9-3-4-14(15)16/h5-8,14H,2,9-10H2,1H3. The molecule has 0 N–H and O–H groups in total. The maximum absolute atomic E-state index is 11.7. The summed E-state index contributed by atoms with van der Waals surface area (Å²) in [5.41, 5.74) is 2.96. The van der Waals surface area contributed by atoms with Gasteiger partial charge < -0.3 is 4.74 Å². The highest BCUT2D eigenvalue weighted by atomic mass is 19.3. The van der Waals surface area contributed by atoms with Crippen LogP contribution in [-0.4, -0.2) is 19.6 Å². The number of benzene rings is 1. The van der Waals surface area contributed by atoms with Gasteiger partial charge in [0.2, 0.25) is 0 Å². The lowest BCUT2D eigenvalue weighted by Crippen LogP contribution is -1.98. The zero-order valence-electron chi connectivity index (χ0n) is 9.67. The van der Waals surface area contributed by atoms with Crippen LogP contribution >= 0.6 is 0 Å². The van der Waals surface area contributed by atoms with Crippen LogP contribution in [0.1, 0.15) is 11.1 Å².